The lowest BCUT2D eigenvalue weighted by Gasteiger charge is -2.12. The van der Waals surface area contributed by atoms with Crippen LogP contribution in [0.5, 0.6) is 11.5 Å². The molecular weight excluding hydrogens is 440 g/mol. The Labute approximate surface area is 186 Å². The number of nitrogens with one attached hydrogen (secondary N) is 2. The number of methoxy groups -OCH3 is 1. The zero-order valence-electron chi connectivity index (χ0n) is 17.1. The molecule has 0 unspecified atom stereocenters. The molecule has 0 bridgehead atoms. The molecule has 0 aliphatic carbocycles. The van der Waals surface area contributed by atoms with Crippen LogP contribution in [0.4, 0.5) is 19.6 Å². The van der Waals surface area contributed by atoms with Crippen LogP contribution < -0.4 is 20.1 Å². The molecule has 2 amide bonds. The van der Waals surface area contributed by atoms with Crippen molar-refractivity contribution in [3.05, 3.63) is 59.5 Å². The van der Waals surface area contributed by atoms with Gasteiger partial charge in [-0.05, 0) is 24.3 Å². The van der Waals surface area contributed by atoms with E-state index in [-0.39, 0.29) is 23.0 Å². The van der Waals surface area contributed by atoms with Gasteiger partial charge < -0.3 is 14.8 Å². The molecule has 3 aromatic rings. The summed E-state index contributed by atoms with van der Waals surface area (Å²) in [6.45, 7) is -1.60. The van der Waals surface area contributed by atoms with Gasteiger partial charge in [-0.3, -0.25) is 14.9 Å². The molecule has 0 fully saturated rings. The third-order valence-electron chi connectivity index (χ3n) is 4.09. The number of rotatable bonds is 8. The first kappa shape index (κ1) is 22.9. The van der Waals surface area contributed by atoms with Crippen LogP contribution in [0.3, 0.4) is 0 Å². The minimum absolute atomic E-state index is 0.127. The number of thiazole rings is 1. The summed E-state index contributed by atoms with van der Waals surface area (Å²) in [5, 5.41) is 7.47. The SMILES string of the molecule is COc1cccc(/C=C/C(=O)Nc2nc(-c3ccc(NC(C)=O)cc3)cs2)c1OC(F)F. The first-order valence-electron chi connectivity index (χ1n) is 9.30. The highest BCUT2D eigenvalue weighted by Crippen LogP contribution is 2.33. The number of benzene rings is 2. The van der Waals surface area contributed by atoms with E-state index in [9.17, 15) is 18.4 Å². The fraction of sp³-hybridized carbons (Fsp3) is 0.136. The van der Waals surface area contributed by atoms with Crippen molar-refractivity contribution in [2.24, 2.45) is 0 Å². The average Bonchev–Trinajstić information content (AvgIpc) is 3.21. The molecular formula is C22H19F2N3O4S. The number of para-hydroxylation sites is 1. The highest BCUT2D eigenvalue weighted by molar-refractivity contribution is 7.14. The first-order valence-corrected chi connectivity index (χ1v) is 10.2. The lowest BCUT2D eigenvalue weighted by molar-refractivity contribution is -0.114. The molecule has 0 radical (unpaired) electrons. The van der Waals surface area contributed by atoms with Gasteiger partial charge in [0.05, 0.1) is 12.8 Å². The second kappa shape index (κ2) is 10.5. The lowest BCUT2D eigenvalue weighted by Crippen LogP contribution is -2.08. The van der Waals surface area contributed by atoms with Gasteiger partial charge in [-0.25, -0.2) is 4.98 Å². The highest BCUT2D eigenvalue weighted by atomic mass is 32.1. The maximum absolute atomic E-state index is 12.7. The molecule has 2 N–H and O–H groups in total. The van der Waals surface area contributed by atoms with Crippen molar-refractivity contribution in [3.8, 4) is 22.8 Å². The molecule has 166 valence electrons. The van der Waals surface area contributed by atoms with E-state index in [1.54, 1.807) is 35.7 Å². The Kier molecular flexibility index (Phi) is 7.50. The number of carbonyl (C=O) groups is 2. The predicted molar refractivity (Wildman–Crippen MR) is 119 cm³/mol. The van der Waals surface area contributed by atoms with Gasteiger partial charge in [-0.2, -0.15) is 8.78 Å². The molecule has 0 spiro atoms. The molecule has 7 nitrogen and oxygen atoms in total. The molecule has 2 aromatic carbocycles. The maximum atomic E-state index is 12.7. The number of alkyl halides is 2. The van der Waals surface area contributed by atoms with E-state index in [2.05, 4.69) is 20.4 Å². The van der Waals surface area contributed by atoms with Crippen molar-refractivity contribution >= 4 is 40.0 Å². The van der Waals surface area contributed by atoms with E-state index in [0.717, 1.165) is 5.56 Å². The van der Waals surface area contributed by atoms with Crippen LogP contribution in [-0.4, -0.2) is 30.5 Å². The van der Waals surface area contributed by atoms with Gasteiger partial charge in [0.25, 0.3) is 0 Å². The summed E-state index contributed by atoms with van der Waals surface area (Å²) in [4.78, 5) is 27.7. The largest absolute Gasteiger partial charge is 0.493 e. The molecule has 1 heterocycles. The fourth-order valence-corrected chi connectivity index (χ4v) is 3.47. The van der Waals surface area contributed by atoms with Gasteiger partial charge in [0.1, 0.15) is 0 Å². The number of aromatic nitrogens is 1. The molecule has 0 saturated heterocycles. The summed E-state index contributed by atoms with van der Waals surface area (Å²) in [5.41, 5.74) is 2.40. The van der Waals surface area contributed by atoms with E-state index >= 15 is 0 Å². The summed E-state index contributed by atoms with van der Waals surface area (Å²) >= 11 is 1.24. The zero-order chi connectivity index (χ0) is 23.1. The zero-order valence-corrected chi connectivity index (χ0v) is 17.9. The van der Waals surface area contributed by atoms with E-state index in [1.165, 1.54) is 49.7 Å². The number of halogens is 2. The van der Waals surface area contributed by atoms with Crippen molar-refractivity contribution in [2.75, 3.05) is 17.7 Å². The van der Waals surface area contributed by atoms with Gasteiger partial charge >= 0.3 is 6.61 Å². The molecule has 0 aliphatic heterocycles. The van der Waals surface area contributed by atoms with Gasteiger partial charge in [0.15, 0.2) is 16.6 Å². The van der Waals surface area contributed by atoms with Crippen LogP contribution in [0.15, 0.2) is 53.9 Å². The third kappa shape index (κ3) is 6.11. The van der Waals surface area contributed by atoms with E-state index in [1.807, 2.05) is 0 Å². The number of amides is 2. The lowest BCUT2D eigenvalue weighted by atomic mass is 10.1. The molecule has 32 heavy (non-hydrogen) atoms. The number of anilines is 2. The number of hydrogen-bond acceptors (Lipinski definition) is 6. The van der Waals surface area contributed by atoms with Crippen molar-refractivity contribution < 1.29 is 27.8 Å². The second-order valence-corrected chi connectivity index (χ2v) is 7.23. The Balaban J connectivity index is 1.68. The monoisotopic (exact) mass is 459 g/mol. The quantitative estimate of drug-likeness (QED) is 0.461. The topological polar surface area (TPSA) is 89.5 Å². The summed E-state index contributed by atoms with van der Waals surface area (Å²) < 4.78 is 35.0. The average molecular weight is 459 g/mol. The molecule has 1 aromatic heterocycles. The number of carbonyl (C=O) groups excluding carboxylic acids is 2. The fourth-order valence-electron chi connectivity index (χ4n) is 2.74. The second-order valence-electron chi connectivity index (χ2n) is 6.38. The minimum atomic E-state index is -3.03. The van der Waals surface area contributed by atoms with E-state index in [0.29, 0.717) is 16.5 Å². The van der Waals surface area contributed by atoms with Gasteiger partial charge in [-0.15, -0.1) is 11.3 Å². The molecule has 0 atom stereocenters. The molecule has 0 saturated carbocycles. The minimum Gasteiger partial charge on any atom is -0.493 e. The Morgan fingerprint density at radius 2 is 1.88 bits per heavy atom. The summed E-state index contributed by atoms with van der Waals surface area (Å²) in [6, 6.07) is 11.7. The molecule has 0 aliphatic rings. The van der Waals surface area contributed by atoms with E-state index in [4.69, 9.17) is 4.74 Å². The summed E-state index contributed by atoms with van der Waals surface area (Å²) in [5.74, 6) is -0.681. The van der Waals surface area contributed by atoms with Crippen molar-refractivity contribution in [3.63, 3.8) is 0 Å². The standard InChI is InChI=1S/C22H19F2N3O4S/c1-13(28)25-16-9-6-14(7-10-16)17-12-32-22(26-17)27-19(29)11-8-15-4-3-5-18(30-2)20(15)31-21(23)24/h3-12,21H,1-2H3,(H,25,28)(H,26,27,29)/b11-8+. The van der Waals surface area contributed by atoms with Crippen molar-refractivity contribution in [1.29, 1.82) is 0 Å². The number of ether oxygens (including phenoxy) is 2. The van der Waals surface area contributed by atoms with Crippen LogP contribution in [0.1, 0.15) is 12.5 Å². The van der Waals surface area contributed by atoms with Gasteiger partial charge in [-0.1, -0.05) is 24.3 Å². The van der Waals surface area contributed by atoms with E-state index < -0.39 is 12.5 Å². The van der Waals surface area contributed by atoms with Crippen LogP contribution in [-0.2, 0) is 9.59 Å². The van der Waals surface area contributed by atoms with Crippen LogP contribution in [0, 0.1) is 0 Å². The molecule has 3 rings (SSSR count). The first-order chi connectivity index (χ1) is 15.4. The van der Waals surface area contributed by atoms with Gasteiger partial charge in [0.2, 0.25) is 11.8 Å². The normalized spacial score (nSPS) is 10.9. The Morgan fingerprint density at radius 1 is 1.12 bits per heavy atom. The van der Waals surface area contributed by atoms with Crippen LogP contribution >= 0.6 is 11.3 Å². The van der Waals surface area contributed by atoms with Gasteiger partial charge in [0, 0.05) is 35.2 Å². The number of hydrogen-bond donors (Lipinski definition) is 2. The predicted octanol–water partition coefficient (Wildman–Crippen LogP) is 5.03. The van der Waals surface area contributed by atoms with Crippen LogP contribution in [0.25, 0.3) is 17.3 Å². The van der Waals surface area contributed by atoms with Crippen LogP contribution in [0.2, 0.25) is 0 Å². The Hall–Kier alpha value is -3.79. The molecule has 10 heteroatoms. The van der Waals surface area contributed by atoms with Crippen molar-refractivity contribution in [1.82, 2.24) is 4.98 Å². The van der Waals surface area contributed by atoms with Crippen molar-refractivity contribution in [2.45, 2.75) is 13.5 Å². The third-order valence-corrected chi connectivity index (χ3v) is 4.84. The highest BCUT2D eigenvalue weighted by Gasteiger charge is 2.14. The summed E-state index contributed by atoms with van der Waals surface area (Å²) in [6.07, 6.45) is 2.54. The Morgan fingerprint density at radius 3 is 2.53 bits per heavy atom. The number of nitrogens with zero attached hydrogens (tertiary/aromatic N) is 1. The Bertz CT molecular complexity index is 1130. The smallest absolute Gasteiger partial charge is 0.387 e. The maximum Gasteiger partial charge on any atom is 0.387 e. The summed E-state index contributed by atoms with van der Waals surface area (Å²) in [7, 11) is 1.33.